The van der Waals surface area contributed by atoms with Crippen molar-refractivity contribution in [3.63, 3.8) is 0 Å². The molecule has 1 saturated heterocycles. The largest absolute Gasteiger partial charge is 0.465 e. The molecule has 18 heavy (non-hydrogen) atoms. The zero-order chi connectivity index (χ0) is 13.1. The number of hydrogen-bond acceptors (Lipinski definition) is 5. The first-order valence-electron chi connectivity index (χ1n) is 5.64. The molecule has 1 aromatic rings. The van der Waals surface area contributed by atoms with Crippen LogP contribution in [0, 0.1) is 5.82 Å². The summed E-state index contributed by atoms with van der Waals surface area (Å²) >= 11 is 0. The minimum absolute atomic E-state index is 0.135. The lowest BCUT2D eigenvalue weighted by Crippen LogP contribution is -2.33. The standard InChI is InChI=1S/C12H15FN2O3/c1-17-12(16)8-4-11(10(14)5-9(8)13)15-6-7-2-3-18-7/h4-5,7,15H,2-3,6,14H2,1H3/t7-/m0/s1. The molecule has 1 heterocycles. The van der Waals surface area contributed by atoms with Gasteiger partial charge in [0.2, 0.25) is 0 Å². The monoisotopic (exact) mass is 254 g/mol. The van der Waals surface area contributed by atoms with Crippen LogP contribution in [0.2, 0.25) is 0 Å². The molecule has 0 bridgehead atoms. The average Bonchev–Trinajstić information content (AvgIpc) is 2.28. The molecule has 0 aliphatic carbocycles. The van der Waals surface area contributed by atoms with E-state index in [1.165, 1.54) is 13.2 Å². The summed E-state index contributed by atoms with van der Waals surface area (Å²) in [5.74, 6) is -1.42. The lowest BCUT2D eigenvalue weighted by molar-refractivity contribution is -0.0410. The van der Waals surface area contributed by atoms with Crippen molar-refractivity contribution in [3.8, 4) is 0 Å². The van der Waals surface area contributed by atoms with Crippen LogP contribution in [0.1, 0.15) is 16.8 Å². The second-order valence-corrected chi connectivity index (χ2v) is 4.07. The van der Waals surface area contributed by atoms with Crippen LogP contribution in [0.5, 0.6) is 0 Å². The van der Waals surface area contributed by atoms with Crippen molar-refractivity contribution < 1.29 is 18.7 Å². The lowest BCUT2D eigenvalue weighted by Gasteiger charge is -2.27. The van der Waals surface area contributed by atoms with Crippen molar-refractivity contribution in [3.05, 3.63) is 23.5 Å². The van der Waals surface area contributed by atoms with Gasteiger partial charge in [0.25, 0.3) is 0 Å². The van der Waals surface area contributed by atoms with E-state index in [1.54, 1.807) is 0 Å². The summed E-state index contributed by atoms with van der Waals surface area (Å²) in [4.78, 5) is 11.3. The zero-order valence-corrected chi connectivity index (χ0v) is 10.0. The van der Waals surface area contributed by atoms with E-state index in [0.717, 1.165) is 19.1 Å². The molecule has 5 nitrogen and oxygen atoms in total. The predicted octanol–water partition coefficient (Wildman–Crippen LogP) is 1.40. The Morgan fingerprint density at radius 2 is 2.39 bits per heavy atom. The van der Waals surface area contributed by atoms with Gasteiger partial charge in [-0.3, -0.25) is 0 Å². The summed E-state index contributed by atoms with van der Waals surface area (Å²) in [6.07, 6.45) is 1.13. The molecular formula is C12H15FN2O3. The van der Waals surface area contributed by atoms with Crippen molar-refractivity contribution in [2.24, 2.45) is 0 Å². The van der Waals surface area contributed by atoms with E-state index in [9.17, 15) is 9.18 Å². The Morgan fingerprint density at radius 1 is 1.67 bits per heavy atom. The minimum Gasteiger partial charge on any atom is -0.465 e. The molecule has 0 spiro atoms. The molecule has 0 amide bonds. The Balaban J connectivity index is 2.15. The molecule has 2 rings (SSSR count). The number of nitrogens with one attached hydrogen (secondary N) is 1. The maximum atomic E-state index is 13.5. The molecule has 1 aromatic carbocycles. The molecule has 6 heteroatoms. The van der Waals surface area contributed by atoms with Gasteiger partial charge in [0.15, 0.2) is 0 Å². The minimum atomic E-state index is -0.726. The number of anilines is 2. The number of esters is 1. The highest BCUT2D eigenvalue weighted by atomic mass is 19.1. The SMILES string of the molecule is COC(=O)c1cc(NC[C@@H]2CCO2)c(N)cc1F. The van der Waals surface area contributed by atoms with E-state index in [2.05, 4.69) is 10.1 Å². The van der Waals surface area contributed by atoms with Crippen molar-refractivity contribution in [1.29, 1.82) is 0 Å². The van der Waals surface area contributed by atoms with Crippen LogP contribution in [-0.4, -0.2) is 32.3 Å². The van der Waals surface area contributed by atoms with Gasteiger partial charge in [-0.05, 0) is 18.6 Å². The van der Waals surface area contributed by atoms with Gasteiger partial charge < -0.3 is 20.5 Å². The number of nitrogen functional groups attached to an aromatic ring is 1. The first-order valence-corrected chi connectivity index (χ1v) is 5.64. The third kappa shape index (κ3) is 2.53. The number of ether oxygens (including phenoxy) is 2. The Kier molecular flexibility index (Phi) is 3.66. The van der Waals surface area contributed by atoms with Crippen molar-refractivity contribution in [2.75, 3.05) is 31.3 Å². The summed E-state index contributed by atoms with van der Waals surface area (Å²) in [6.45, 7) is 1.34. The molecule has 1 fully saturated rings. The predicted molar refractivity (Wildman–Crippen MR) is 65.0 cm³/mol. The van der Waals surface area contributed by atoms with Crippen LogP contribution in [0.25, 0.3) is 0 Å². The molecule has 3 N–H and O–H groups in total. The fourth-order valence-corrected chi connectivity index (χ4v) is 1.68. The van der Waals surface area contributed by atoms with Gasteiger partial charge in [-0.1, -0.05) is 0 Å². The summed E-state index contributed by atoms with van der Waals surface area (Å²) in [5, 5.41) is 3.04. The summed E-state index contributed by atoms with van der Waals surface area (Å²) in [5.41, 5.74) is 6.30. The number of carbonyl (C=O) groups is 1. The van der Waals surface area contributed by atoms with E-state index < -0.39 is 11.8 Å². The van der Waals surface area contributed by atoms with E-state index in [1.807, 2.05) is 0 Å². The van der Waals surface area contributed by atoms with Crippen LogP contribution < -0.4 is 11.1 Å². The number of nitrogens with two attached hydrogens (primary N) is 1. The Bertz CT molecular complexity index is 461. The quantitative estimate of drug-likeness (QED) is 0.627. The average molecular weight is 254 g/mol. The molecule has 0 saturated carbocycles. The number of methoxy groups -OCH3 is 1. The smallest absolute Gasteiger partial charge is 0.340 e. The maximum Gasteiger partial charge on any atom is 0.340 e. The second kappa shape index (κ2) is 5.22. The van der Waals surface area contributed by atoms with Gasteiger partial charge in [-0.25, -0.2) is 9.18 Å². The Morgan fingerprint density at radius 3 is 2.94 bits per heavy atom. The number of hydrogen-bond donors (Lipinski definition) is 2. The fourth-order valence-electron chi connectivity index (χ4n) is 1.68. The summed E-state index contributed by atoms with van der Waals surface area (Å²) < 4.78 is 23.3. The van der Waals surface area contributed by atoms with Crippen LogP contribution in [0.4, 0.5) is 15.8 Å². The number of rotatable bonds is 4. The highest BCUT2D eigenvalue weighted by Gasteiger charge is 2.19. The zero-order valence-electron chi connectivity index (χ0n) is 10.0. The molecular weight excluding hydrogens is 239 g/mol. The fraction of sp³-hybridized carbons (Fsp3) is 0.417. The Labute approximate surface area is 104 Å². The van der Waals surface area contributed by atoms with E-state index >= 15 is 0 Å². The first-order chi connectivity index (χ1) is 8.61. The van der Waals surface area contributed by atoms with Gasteiger partial charge in [0.05, 0.1) is 30.2 Å². The molecule has 0 unspecified atom stereocenters. The summed E-state index contributed by atoms with van der Waals surface area (Å²) in [6, 6.07) is 2.46. The lowest BCUT2D eigenvalue weighted by atomic mass is 10.1. The maximum absolute atomic E-state index is 13.5. The highest BCUT2D eigenvalue weighted by molar-refractivity contribution is 5.92. The van der Waals surface area contributed by atoms with Gasteiger partial charge >= 0.3 is 5.97 Å². The first kappa shape index (κ1) is 12.6. The van der Waals surface area contributed by atoms with Crippen molar-refractivity contribution in [1.82, 2.24) is 0 Å². The second-order valence-electron chi connectivity index (χ2n) is 4.07. The van der Waals surface area contributed by atoms with E-state index in [4.69, 9.17) is 10.5 Å². The van der Waals surface area contributed by atoms with Gasteiger partial charge in [-0.2, -0.15) is 0 Å². The van der Waals surface area contributed by atoms with Crippen LogP contribution in [-0.2, 0) is 9.47 Å². The summed E-state index contributed by atoms with van der Waals surface area (Å²) in [7, 11) is 1.20. The molecule has 1 atom stereocenters. The van der Waals surface area contributed by atoms with Gasteiger partial charge in [0.1, 0.15) is 5.82 Å². The van der Waals surface area contributed by atoms with Gasteiger partial charge in [0, 0.05) is 13.2 Å². The number of carbonyl (C=O) groups excluding carboxylic acids is 1. The molecule has 1 aliphatic heterocycles. The molecule has 1 aliphatic rings. The van der Waals surface area contributed by atoms with E-state index in [-0.39, 0.29) is 17.4 Å². The van der Waals surface area contributed by atoms with E-state index in [0.29, 0.717) is 12.2 Å². The topological polar surface area (TPSA) is 73.6 Å². The third-order valence-electron chi connectivity index (χ3n) is 2.86. The highest BCUT2D eigenvalue weighted by Crippen LogP contribution is 2.24. The van der Waals surface area contributed by atoms with Crippen molar-refractivity contribution >= 4 is 17.3 Å². The third-order valence-corrected chi connectivity index (χ3v) is 2.86. The molecule has 0 radical (unpaired) electrons. The van der Waals surface area contributed by atoms with Crippen LogP contribution in [0.3, 0.4) is 0 Å². The normalized spacial score (nSPS) is 18.0. The van der Waals surface area contributed by atoms with Crippen LogP contribution >= 0.6 is 0 Å². The number of benzene rings is 1. The molecule has 98 valence electrons. The van der Waals surface area contributed by atoms with Crippen molar-refractivity contribution in [2.45, 2.75) is 12.5 Å². The Hall–Kier alpha value is -1.82. The van der Waals surface area contributed by atoms with Crippen LogP contribution in [0.15, 0.2) is 12.1 Å². The molecule has 0 aromatic heterocycles. The van der Waals surface area contributed by atoms with Gasteiger partial charge in [-0.15, -0.1) is 0 Å². The number of halogens is 1.